The second kappa shape index (κ2) is 9.26. The fourth-order valence-electron chi connectivity index (χ4n) is 7.92. The molecule has 2 fully saturated rings. The normalized spacial score (nSPS) is 41.6. The lowest BCUT2D eigenvalue weighted by atomic mass is 9.56. The highest BCUT2D eigenvalue weighted by molar-refractivity contribution is 6.33. The van der Waals surface area contributed by atoms with Crippen molar-refractivity contribution >= 4 is 29.2 Å². The predicted octanol–water partition coefficient (Wildman–Crippen LogP) is 2.52. The van der Waals surface area contributed by atoms with Crippen molar-refractivity contribution in [2.45, 2.75) is 89.0 Å². The van der Waals surface area contributed by atoms with Gasteiger partial charge in [0.15, 0.2) is 11.3 Å². The first kappa shape index (κ1) is 28.5. The third kappa shape index (κ3) is 3.70. The number of ether oxygens (including phenoxy) is 1. The number of aliphatic carboxylic acids is 1. The summed E-state index contributed by atoms with van der Waals surface area (Å²) in [6, 6.07) is 3.40. The van der Waals surface area contributed by atoms with Gasteiger partial charge in [-0.25, -0.2) is 4.90 Å². The van der Waals surface area contributed by atoms with Crippen molar-refractivity contribution < 1.29 is 34.5 Å². The molecular formula is C29H39ClN2O7. The average Bonchev–Trinajstić information content (AvgIpc) is 3.02. The van der Waals surface area contributed by atoms with Gasteiger partial charge in [0.2, 0.25) is 12.0 Å². The molecular weight excluding hydrogens is 524 g/mol. The van der Waals surface area contributed by atoms with Crippen LogP contribution >= 0.6 is 11.6 Å². The standard InChI is InChI=1S/C29H39ClN2O7/c1-16(2)32(6)23-21(14-17(3)15-22(23)30)28(37)24(20-12-9-11-19-10-7-8-13-27(19,20)36)29(26(34)35,38-18(4)33)31(5)25(28)39-32/h9,11,14-16,19-20,24-25,36-37H,7-8,10,12-13H2,1-6H3/t19-,20?,24-,25+,27+,28-,29-,32-/m0/s1. The summed E-state index contributed by atoms with van der Waals surface area (Å²) < 4.78 is 5.58. The molecule has 8 atom stereocenters. The summed E-state index contributed by atoms with van der Waals surface area (Å²) in [4.78, 5) is 33.8. The minimum atomic E-state index is -2.43. The van der Waals surface area contributed by atoms with E-state index in [2.05, 4.69) is 0 Å². The van der Waals surface area contributed by atoms with Crippen molar-refractivity contribution in [1.29, 1.82) is 0 Å². The second-order valence-electron chi connectivity index (χ2n) is 12.3. The number of carbonyl (C=O) groups excluding carboxylic acids is 2. The molecule has 2 heterocycles. The second-order valence-corrected chi connectivity index (χ2v) is 12.7. The third-order valence-electron chi connectivity index (χ3n) is 9.91. The number of aliphatic hydroxyl groups is 2. The first-order valence-corrected chi connectivity index (χ1v) is 14.1. The van der Waals surface area contributed by atoms with Crippen molar-refractivity contribution in [1.82, 2.24) is 9.55 Å². The van der Waals surface area contributed by atoms with E-state index in [1.54, 1.807) is 12.1 Å². The van der Waals surface area contributed by atoms with E-state index >= 15 is 0 Å². The number of quaternary nitrogens is 1. The number of halogens is 1. The number of hydrogen-bond donors (Lipinski definition) is 2. The van der Waals surface area contributed by atoms with Gasteiger partial charge in [-0.2, -0.15) is 4.84 Å². The molecule has 10 heteroatoms. The average molecular weight is 563 g/mol. The molecule has 1 aromatic carbocycles. The Morgan fingerprint density at radius 2 is 1.97 bits per heavy atom. The number of aryl methyl sites for hydroxylation is 1. The molecule has 5 rings (SSSR count). The molecule has 4 aliphatic rings. The Balaban J connectivity index is 1.87. The van der Waals surface area contributed by atoms with Gasteiger partial charge in [0.05, 0.1) is 17.1 Å². The van der Waals surface area contributed by atoms with Crippen LogP contribution in [0, 0.1) is 24.7 Å². The maximum atomic E-state index is 13.3. The number of likely N-dealkylation sites (tertiary alicyclic amines) is 1. The van der Waals surface area contributed by atoms with Crippen LogP contribution in [-0.4, -0.2) is 64.7 Å². The molecule has 0 spiro atoms. The third-order valence-corrected chi connectivity index (χ3v) is 10.2. The summed E-state index contributed by atoms with van der Waals surface area (Å²) in [5, 5.41) is 39.0. The fraction of sp³-hybridized carbons (Fsp3) is 0.655. The van der Waals surface area contributed by atoms with Crippen LogP contribution in [0.15, 0.2) is 24.3 Å². The lowest BCUT2D eigenvalue weighted by molar-refractivity contribution is -0.346. The van der Waals surface area contributed by atoms with E-state index in [0.717, 1.165) is 31.7 Å². The van der Waals surface area contributed by atoms with Gasteiger partial charge in [0, 0.05) is 18.8 Å². The number of benzene rings is 1. The van der Waals surface area contributed by atoms with E-state index in [1.165, 1.54) is 11.9 Å². The van der Waals surface area contributed by atoms with Crippen LogP contribution in [0.25, 0.3) is 0 Å². The highest BCUT2D eigenvalue weighted by atomic mass is 35.5. The minimum absolute atomic E-state index is 0.154. The van der Waals surface area contributed by atoms with Gasteiger partial charge in [0.25, 0.3) is 0 Å². The van der Waals surface area contributed by atoms with Gasteiger partial charge < -0.3 is 24.9 Å². The summed E-state index contributed by atoms with van der Waals surface area (Å²) in [6.07, 6.45) is 5.79. The molecule has 2 aliphatic heterocycles. The van der Waals surface area contributed by atoms with Gasteiger partial charge >= 0.3 is 5.97 Å². The van der Waals surface area contributed by atoms with Crippen LogP contribution in [0.2, 0.25) is 5.02 Å². The van der Waals surface area contributed by atoms with Crippen molar-refractivity contribution in [2.75, 3.05) is 14.1 Å². The number of carbonyl (C=O) groups is 2. The Morgan fingerprint density at radius 3 is 2.59 bits per heavy atom. The molecule has 1 unspecified atom stereocenters. The summed E-state index contributed by atoms with van der Waals surface area (Å²) in [5.74, 6) is -4.89. The topological polar surface area (TPSA) is 119 Å². The van der Waals surface area contributed by atoms with Crippen molar-refractivity contribution in [2.24, 2.45) is 17.8 Å². The molecule has 1 saturated carbocycles. The van der Waals surface area contributed by atoms with Crippen LogP contribution < -0.4 is 9.75 Å². The van der Waals surface area contributed by atoms with E-state index in [1.807, 2.05) is 40.0 Å². The van der Waals surface area contributed by atoms with Crippen molar-refractivity contribution in [3.63, 3.8) is 0 Å². The highest BCUT2D eigenvalue weighted by Gasteiger charge is 2.78. The van der Waals surface area contributed by atoms with Gasteiger partial charge in [-0.1, -0.05) is 36.6 Å². The number of hydrogen-bond acceptors (Lipinski definition) is 8. The maximum Gasteiger partial charge on any atom is 0.304 e. The highest BCUT2D eigenvalue weighted by Crippen LogP contribution is 2.64. The minimum Gasteiger partial charge on any atom is -0.544 e. The molecule has 214 valence electrons. The van der Waals surface area contributed by atoms with Gasteiger partial charge in [-0.05, 0) is 64.8 Å². The van der Waals surface area contributed by atoms with E-state index in [-0.39, 0.29) is 23.0 Å². The molecule has 0 aromatic heterocycles. The molecule has 2 aliphatic carbocycles. The van der Waals surface area contributed by atoms with Crippen LogP contribution in [0.1, 0.15) is 64.0 Å². The van der Waals surface area contributed by atoms with Gasteiger partial charge in [-0.3, -0.25) is 4.79 Å². The van der Waals surface area contributed by atoms with Crippen LogP contribution in [0.5, 0.6) is 0 Å². The Bertz CT molecular complexity index is 1240. The molecule has 39 heavy (non-hydrogen) atoms. The zero-order valence-electron chi connectivity index (χ0n) is 23.4. The summed E-state index contributed by atoms with van der Waals surface area (Å²) in [5.41, 5.74) is -4.12. The number of hydroxylamine groups is 2. The lowest BCUT2D eigenvalue weighted by Crippen LogP contribution is -2.67. The number of fused-ring (bicyclic) bond motifs is 4. The molecule has 1 saturated heterocycles. The molecule has 0 amide bonds. The number of carboxylic acids is 1. The number of allylic oxidation sites excluding steroid dienone is 1. The smallest absolute Gasteiger partial charge is 0.304 e. The van der Waals surface area contributed by atoms with E-state index in [4.69, 9.17) is 21.2 Å². The summed E-state index contributed by atoms with van der Waals surface area (Å²) in [7, 11) is 3.27. The molecule has 0 radical (unpaired) electrons. The molecule has 9 nitrogen and oxygen atoms in total. The zero-order valence-corrected chi connectivity index (χ0v) is 24.2. The molecule has 0 bridgehead atoms. The fourth-order valence-corrected chi connectivity index (χ4v) is 8.36. The van der Waals surface area contributed by atoms with E-state index < -0.39 is 46.9 Å². The van der Waals surface area contributed by atoms with Crippen molar-refractivity contribution in [3.8, 4) is 0 Å². The number of carboxylic acid groups (broad SMARTS) is 1. The van der Waals surface area contributed by atoms with E-state index in [9.17, 15) is 24.9 Å². The number of rotatable bonds is 4. The maximum absolute atomic E-state index is 13.3. The molecule has 2 N–H and O–H groups in total. The van der Waals surface area contributed by atoms with Gasteiger partial charge in [0.1, 0.15) is 24.1 Å². The number of esters is 1. The summed E-state index contributed by atoms with van der Waals surface area (Å²) in [6.45, 7) is 6.86. The quantitative estimate of drug-likeness (QED) is 0.326. The van der Waals surface area contributed by atoms with Crippen LogP contribution in [0.3, 0.4) is 0 Å². The number of nitrogens with zero attached hydrogens (tertiary/aromatic N) is 2. The SMILES string of the molecule is CC(=O)O[C@]1(C(=O)[O-])[C@@H](C2CC=C[C@@H]3CCCC[C@]23O)[C@@]2(O)c3cc(C)cc(Cl)c3[N@+](C)(C(C)C)O[C@H]2N1C. The Kier molecular flexibility index (Phi) is 6.77. The predicted molar refractivity (Wildman–Crippen MR) is 143 cm³/mol. The lowest BCUT2D eigenvalue weighted by Gasteiger charge is -2.54. The first-order valence-electron chi connectivity index (χ1n) is 13.8. The Hall–Kier alpha value is -2.01. The van der Waals surface area contributed by atoms with Gasteiger partial charge in [-0.15, -0.1) is 4.65 Å². The van der Waals surface area contributed by atoms with Crippen LogP contribution in [0.4, 0.5) is 5.69 Å². The van der Waals surface area contributed by atoms with Crippen LogP contribution in [-0.2, 0) is 24.8 Å². The number of likely N-dealkylation sites (N-methyl/N-ethyl adjacent to an activating group) is 1. The Labute approximate surface area is 234 Å². The zero-order chi connectivity index (χ0) is 28.7. The van der Waals surface area contributed by atoms with Crippen molar-refractivity contribution in [3.05, 3.63) is 40.4 Å². The molecule has 1 aromatic rings. The monoisotopic (exact) mass is 562 g/mol. The Morgan fingerprint density at radius 1 is 1.28 bits per heavy atom. The summed E-state index contributed by atoms with van der Waals surface area (Å²) >= 11 is 6.86. The largest absolute Gasteiger partial charge is 0.544 e. The van der Waals surface area contributed by atoms with E-state index in [0.29, 0.717) is 22.7 Å². The first-order chi connectivity index (χ1) is 18.2.